The first-order valence-corrected chi connectivity index (χ1v) is 10.7. The largest absolute Gasteiger partial charge is 0.326 e. The number of hydrogen-bond acceptors (Lipinski definition) is 4. The molecule has 1 atom stereocenters. The monoisotopic (exact) mass is 403 g/mol. The van der Waals surface area contributed by atoms with Crippen LogP contribution in [0.3, 0.4) is 0 Å². The van der Waals surface area contributed by atoms with Gasteiger partial charge >= 0.3 is 0 Å². The van der Waals surface area contributed by atoms with Gasteiger partial charge in [0.05, 0.1) is 5.75 Å². The molecule has 0 spiro atoms. The molecule has 1 saturated heterocycles. The molecule has 0 aromatic heterocycles. The minimum Gasteiger partial charge on any atom is -0.326 e. The van der Waals surface area contributed by atoms with Crippen molar-refractivity contribution >= 4 is 39.7 Å². The van der Waals surface area contributed by atoms with Crippen LogP contribution in [-0.2, 0) is 14.8 Å². The summed E-state index contributed by atoms with van der Waals surface area (Å²) in [5.74, 6) is 1.06. The van der Waals surface area contributed by atoms with Crippen molar-refractivity contribution in [3.8, 4) is 0 Å². The molecule has 1 heterocycles. The van der Waals surface area contributed by atoms with Gasteiger partial charge in [-0.2, -0.15) is 0 Å². The Hall–Kier alpha value is -1.31. The molecule has 1 aliphatic heterocycles. The van der Waals surface area contributed by atoms with Crippen molar-refractivity contribution in [3.63, 3.8) is 0 Å². The van der Waals surface area contributed by atoms with Crippen LogP contribution in [0, 0.1) is 11.8 Å². The molecule has 1 fully saturated rings. The zero-order chi connectivity index (χ0) is 18.3. The fraction of sp³-hybridized carbons (Fsp3) is 0.611. The smallest absolute Gasteiger partial charge is 0.232 e. The number of sulfonamides is 1. The molecule has 1 amide bonds. The lowest BCUT2D eigenvalue weighted by Gasteiger charge is -2.27. The first-order chi connectivity index (χ1) is 11.9. The summed E-state index contributed by atoms with van der Waals surface area (Å²) in [5.41, 5.74) is 1.19. The average Bonchev–Trinajstić information content (AvgIpc) is 2.57. The molecular weight excluding hydrogens is 374 g/mol. The Bertz CT molecular complexity index is 659. The number of amides is 1. The second-order valence-electron chi connectivity index (χ2n) is 6.82. The van der Waals surface area contributed by atoms with Crippen molar-refractivity contribution in [1.82, 2.24) is 5.32 Å². The fourth-order valence-corrected chi connectivity index (χ4v) is 4.34. The Balaban J connectivity index is 0.00000338. The van der Waals surface area contributed by atoms with Crippen molar-refractivity contribution in [1.29, 1.82) is 0 Å². The van der Waals surface area contributed by atoms with Crippen LogP contribution >= 0.6 is 12.4 Å². The maximum absolute atomic E-state index is 12.2. The van der Waals surface area contributed by atoms with Crippen LogP contribution in [0.2, 0.25) is 0 Å². The number of hydrogen-bond donors (Lipinski definition) is 3. The Labute approximate surface area is 163 Å². The van der Waals surface area contributed by atoms with Gasteiger partial charge in [0.15, 0.2) is 0 Å². The van der Waals surface area contributed by atoms with Gasteiger partial charge in [-0.3, -0.25) is 9.52 Å². The molecule has 148 valence electrons. The van der Waals surface area contributed by atoms with Gasteiger partial charge in [-0.05, 0) is 68.5 Å². The molecule has 0 saturated carbocycles. The van der Waals surface area contributed by atoms with Gasteiger partial charge in [0.2, 0.25) is 15.9 Å². The van der Waals surface area contributed by atoms with Crippen LogP contribution in [0.25, 0.3) is 0 Å². The third-order valence-corrected chi connectivity index (χ3v) is 6.10. The van der Waals surface area contributed by atoms with Gasteiger partial charge in [0, 0.05) is 17.8 Å². The van der Waals surface area contributed by atoms with Crippen LogP contribution in [0.1, 0.15) is 39.5 Å². The number of nitrogens with one attached hydrogen (secondary N) is 3. The Morgan fingerprint density at radius 2 is 1.77 bits per heavy atom. The van der Waals surface area contributed by atoms with Gasteiger partial charge in [0.25, 0.3) is 0 Å². The maximum Gasteiger partial charge on any atom is 0.232 e. The van der Waals surface area contributed by atoms with Crippen molar-refractivity contribution < 1.29 is 13.2 Å². The van der Waals surface area contributed by atoms with Crippen LogP contribution in [0.4, 0.5) is 11.4 Å². The summed E-state index contributed by atoms with van der Waals surface area (Å²) in [6.45, 7) is 6.03. The first kappa shape index (κ1) is 22.7. The summed E-state index contributed by atoms with van der Waals surface area (Å²) >= 11 is 0. The van der Waals surface area contributed by atoms with Gasteiger partial charge < -0.3 is 10.6 Å². The van der Waals surface area contributed by atoms with Gasteiger partial charge in [-0.1, -0.05) is 13.8 Å². The van der Waals surface area contributed by atoms with Crippen molar-refractivity contribution in [2.75, 3.05) is 28.9 Å². The molecule has 2 rings (SSSR count). The molecule has 0 aliphatic carbocycles. The molecule has 3 N–H and O–H groups in total. The molecule has 26 heavy (non-hydrogen) atoms. The van der Waals surface area contributed by atoms with E-state index < -0.39 is 10.0 Å². The van der Waals surface area contributed by atoms with Crippen molar-refractivity contribution in [3.05, 3.63) is 24.3 Å². The Morgan fingerprint density at radius 1 is 1.19 bits per heavy atom. The summed E-state index contributed by atoms with van der Waals surface area (Å²) < 4.78 is 26.0. The third-order valence-electron chi connectivity index (χ3n) is 4.61. The van der Waals surface area contributed by atoms with E-state index in [4.69, 9.17) is 0 Å². The van der Waals surface area contributed by atoms with E-state index in [0.29, 0.717) is 36.1 Å². The highest BCUT2D eigenvalue weighted by Crippen LogP contribution is 2.25. The second kappa shape index (κ2) is 10.7. The molecule has 1 aliphatic rings. The number of anilines is 2. The third kappa shape index (κ3) is 7.51. The SMILES string of the molecule is CCCS(=O)(=O)Nc1ccc(NC(=O)CC(C)C2CCNCC2)cc1.Cl. The number of rotatable bonds is 8. The number of carbonyl (C=O) groups is 1. The van der Waals surface area contributed by atoms with Crippen molar-refractivity contribution in [2.45, 2.75) is 39.5 Å². The highest BCUT2D eigenvalue weighted by molar-refractivity contribution is 7.92. The van der Waals surface area contributed by atoms with E-state index in [2.05, 4.69) is 22.3 Å². The zero-order valence-corrected chi connectivity index (χ0v) is 17.1. The van der Waals surface area contributed by atoms with E-state index in [1.807, 2.05) is 6.92 Å². The standard InChI is InChI=1S/C18H29N3O3S.ClH/c1-3-12-25(23,24)21-17-6-4-16(5-7-17)20-18(22)13-14(2)15-8-10-19-11-9-15;/h4-7,14-15,19,21H,3,8-13H2,1-2H3,(H,20,22);1H. The van der Waals surface area contributed by atoms with E-state index in [1.165, 1.54) is 0 Å². The summed E-state index contributed by atoms with van der Waals surface area (Å²) in [7, 11) is -3.29. The first-order valence-electron chi connectivity index (χ1n) is 9.00. The Morgan fingerprint density at radius 3 is 2.35 bits per heavy atom. The van der Waals surface area contributed by atoms with Crippen LogP contribution in [-0.4, -0.2) is 33.2 Å². The van der Waals surface area contributed by atoms with Crippen LogP contribution in [0.15, 0.2) is 24.3 Å². The van der Waals surface area contributed by atoms with E-state index >= 15 is 0 Å². The molecule has 1 aromatic rings. The molecule has 8 heteroatoms. The molecule has 1 aromatic carbocycles. The lowest BCUT2D eigenvalue weighted by Crippen LogP contribution is -2.32. The van der Waals surface area contributed by atoms with E-state index in [-0.39, 0.29) is 24.1 Å². The summed E-state index contributed by atoms with van der Waals surface area (Å²) in [5, 5.41) is 6.24. The fourth-order valence-electron chi connectivity index (χ4n) is 3.21. The molecule has 0 radical (unpaired) electrons. The minimum absolute atomic E-state index is 0. The topological polar surface area (TPSA) is 87.3 Å². The molecular formula is C18H30ClN3O3S. The number of halogens is 1. The van der Waals surface area contributed by atoms with E-state index in [1.54, 1.807) is 24.3 Å². The Kier molecular flexibility index (Phi) is 9.39. The van der Waals surface area contributed by atoms with Crippen LogP contribution in [0.5, 0.6) is 0 Å². The van der Waals surface area contributed by atoms with Gasteiger partial charge in [-0.15, -0.1) is 12.4 Å². The number of piperidine rings is 1. The van der Waals surface area contributed by atoms with E-state index in [9.17, 15) is 13.2 Å². The molecule has 0 bridgehead atoms. The zero-order valence-electron chi connectivity index (χ0n) is 15.5. The quantitative estimate of drug-likeness (QED) is 0.621. The second-order valence-corrected chi connectivity index (χ2v) is 8.66. The lowest BCUT2D eigenvalue weighted by molar-refractivity contribution is -0.117. The number of benzene rings is 1. The van der Waals surface area contributed by atoms with Crippen LogP contribution < -0.4 is 15.4 Å². The normalized spacial score (nSPS) is 16.4. The van der Waals surface area contributed by atoms with Crippen molar-refractivity contribution in [2.24, 2.45) is 11.8 Å². The minimum atomic E-state index is -3.29. The average molecular weight is 404 g/mol. The summed E-state index contributed by atoms with van der Waals surface area (Å²) in [6, 6.07) is 6.77. The van der Waals surface area contributed by atoms with Gasteiger partial charge in [-0.25, -0.2) is 8.42 Å². The molecule has 1 unspecified atom stereocenters. The summed E-state index contributed by atoms with van der Waals surface area (Å²) in [6.07, 6.45) is 3.33. The lowest BCUT2D eigenvalue weighted by atomic mass is 9.84. The summed E-state index contributed by atoms with van der Waals surface area (Å²) in [4.78, 5) is 12.2. The maximum atomic E-state index is 12.2. The highest BCUT2D eigenvalue weighted by atomic mass is 35.5. The highest BCUT2D eigenvalue weighted by Gasteiger charge is 2.22. The number of carbonyl (C=O) groups excluding carboxylic acids is 1. The van der Waals surface area contributed by atoms with E-state index in [0.717, 1.165) is 25.9 Å². The predicted octanol–water partition coefficient (Wildman–Crippen LogP) is 3.22. The van der Waals surface area contributed by atoms with Gasteiger partial charge in [0.1, 0.15) is 0 Å². The predicted molar refractivity (Wildman–Crippen MR) is 109 cm³/mol. The molecule has 6 nitrogen and oxygen atoms in total.